The predicted octanol–water partition coefficient (Wildman–Crippen LogP) is 2.24. The third-order valence-corrected chi connectivity index (χ3v) is 6.06. The molecule has 2 aromatic heterocycles. The number of carbonyl (C=O) groups is 1. The number of ether oxygens (including phenoxy) is 1. The molecule has 0 aliphatic carbocycles. The lowest BCUT2D eigenvalue weighted by molar-refractivity contribution is 0.0478. The number of rotatable bonds is 3. The minimum absolute atomic E-state index is 0.0124. The van der Waals surface area contributed by atoms with E-state index in [0.717, 1.165) is 46.9 Å². The van der Waals surface area contributed by atoms with E-state index in [0.29, 0.717) is 26.3 Å². The van der Waals surface area contributed by atoms with Gasteiger partial charge in [-0.3, -0.25) is 9.78 Å². The van der Waals surface area contributed by atoms with Crippen molar-refractivity contribution in [3.8, 4) is 11.1 Å². The maximum Gasteiger partial charge on any atom is 0.264 e. The van der Waals surface area contributed by atoms with Crippen molar-refractivity contribution in [3.63, 3.8) is 0 Å². The first kappa shape index (κ1) is 17.5. The molecule has 4 rings (SSSR count). The third-order valence-electron chi connectivity index (χ3n) is 4.88. The minimum atomic E-state index is -0.413. The van der Waals surface area contributed by atoms with Crippen LogP contribution in [0.2, 0.25) is 0 Å². The molecule has 138 valence electrons. The number of aliphatic hydroxyl groups excluding tert-OH is 1. The second-order valence-electron chi connectivity index (χ2n) is 6.72. The van der Waals surface area contributed by atoms with Crippen molar-refractivity contribution in [2.24, 2.45) is 0 Å². The molecule has 6 nitrogen and oxygen atoms in total. The highest BCUT2D eigenvalue weighted by molar-refractivity contribution is 7.18. The van der Waals surface area contributed by atoms with E-state index in [9.17, 15) is 9.90 Å². The molecule has 2 fully saturated rings. The number of pyridine rings is 1. The Morgan fingerprint density at radius 3 is 2.88 bits per heavy atom. The lowest BCUT2D eigenvalue weighted by Crippen LogP contribution is -2.41. The third kappa shape index (κ3) is 3.60. The Bertz CT molecular complexity index is 759. The van der Waals surface area contributed by atoms with Gasteiger partial charge in [-0.1, -0.05) is 6.07 Å². The van der Waals surface area contributed by atoms with Crippen molar-refractivity contribution in [3.05, 3.63) is 35.5 Å². The van der Waals surface area contributed by atoms with Gasteiger partial charge in [0, 0.05) is 49.7 Å². The number of morpholine rings is 1. The normalized spacial score (nSPS) is 21.0. The highest BCUT2D eigenvalue weighted by Crippen LogP contribution is 2.39. The number of piperidine rings is 1. The van der Waals surface area contributed by atoms with Gasteiger partial charge in [-0.15, -0.1) is 11.3 Å². The number of anilines is 1. The summed E-state index contributed by atoms with van der Waals surface area (Å²) in [5.41, 5.74) is 2.06. The Hall–Kier alpha value is -1.96. The maximum absolute atomic E-state index is 13.0. The van der Waals surface area contributed by atoms with Crippen LogP contribution < -0.4 is 4.90 Å². The molecule has 0 radical (unpaired) electrons. The molecular weight excluding hydrogens is 350 g/mol. The van der Waals surface area contributed by atoms with Crippen LogP contribution >= 0.6 is 11.3 Å². The summed E-state index contributed by atoms with van der Waals surface area (Å²) < 4.78 is 5.48. The van der Waals surface area contributed by atoms with Crippen LogP contribution in [0.15, 0.2) is 30.6 Å². The molecule has 26 heavy (non-hydrogen) atoms. The van der Waals surface area contributed by atoms with Crippen LogP contribution in [0.4, 0.5) is 5.00 Å². The summed E-state index contributed by atoms with van der Waals surface area (Å²) in [7, 11) is 0. The van der Waals surface area contributed by atoms with Gasteiger partial charge in [-0.2, -0.15) is 0 Å². The van der Waals surface area contributed by atoms with Crippen molar-refractivity contribution in [1.29, 1.82) is 0 Å². The average molecular weight is 373 g/mol. The Kier molecular flexibility index (Phi) is 5.19. The molecule has 2 aromatic rings. The van der Waals surface area contributed by atoms with E-state index in [1.165, 1.54) is 11.3 Å². The molecule has 2 aliphatic heterocycles. The number of aromatic nitrogens is 1. The smallest absolute Gasteiger partial charge is 0.264 e. The fourth-order valence-electron chi connectivity index (χ4n) is 3.51. The Labute approximate surface area is 157 Å². The molecular formula is C19H23N3O3S. The molecule has 2 aliphatic rings. The zero-order chi connectivity index (χ0) is 17.9. The van der Waals surface area contributed by atoms with E-state index in [2.05, 4.69) is 9.88 Å². The van der Waals surface area contributed by atoms with Gasteiger partial charge in [0.2, 0.25) is 0 Å². The number of amides is 1. The fraction of sp³-hybridized carbons (Fsp3) is 0.474. The number of hydrogen-bond acceptors (Lipinski definition) is 6. The van der Waals surface area contributed by atoms with Gasteiger partial charge in [-0.05, 0) is 25.0 Å². The first-order chi connectivity index (χ1) is 12.7. The van der Waals surface area contributed by atoms with Gasteiger partial charge in [0.25, 0.3) is 5.91 Å². The largest absolute Gasteiger partial charge is 0.391 e. The second kappa shape index (κ2) is 7.73. The highest BCUT2D eigenvalue weighted by atomic mass is 32.1. The van der Waals surface area contributed by atoms with Gasteiger partial charge in [0.15, 0.2) is 0 Å². The zero-order valence-electron chi connectivity index (χ0n) is 14.6. The molecule has 1 atom stereocenters. The lowest BCUT2D eigenvalue weighted by atomic mass is 10.1. The molecule has 0 saturated carbocycles. The van der Waals surface area contributed by atoms with E-state index in [1.54, 1.807) is 11.1 Å². The van der Waals surface area contributed by atoms with E-state index in [1.807, 2.05) is 24.4 Å². The summed E-state index contributed by atoms with van der Waals surface area (Å²) in [4.78, 5) is 22.0. The van der Waals surface area contributed by atoms with Gasteiger partial charge >= 0.3 is 0 Å². The number of likely N-dealkylation sites (tertiary alicyclic amines) is 1. The summed E-state index contributed by atoms with van der Waals surface area (Å²) >= 11 is 1.53. The van der Waals surface area contributed by atoms with Crippen molar-refractivity contribution in [1.82, 2.24) is 9.88 Å². The summed E-state index contributed by atoms with van der Waals surface area (Å²) in [6, 6.07) is 5.92. The molecule has 0 bridgehead atoms. The quantitative estimate of drug-likeness (QED) is 0.894. The number of carbonyl (C=O) groups excluding carboxylic acids is 1. The van der Waals surface area contributed by atoms with Crippen LogP contribution in [-0.2, 0) is 4.74 Å². The van der Waals surface area contributed by atoms with Crippen LogP contribution in [0, 0.1) is 0 Å². The number of hydrogen-bond donors (Lipinski definition) is 1. The molecule has 0 spiro atoms. The molecule has 1 amide bonds. The molecule has 1 N–H and O–H groups in total. The Balaban J connectivity index is 1.67. The monoisotopic (exact) mass is 373 g/mol. The van der Waals surface area contributed by atoms with Gasteiger partial charge in [0.05, 0.1) is 29.2 Å². The minimum Gasteiger partial charge on any atom is -0.391 e. The van der Waals surface area contributed by atoms with Crippen molar-refractivity contribution >= 4 is 22.2 Å². The van der Waals surface area contributed by atoms with Gasteiger partial charge in [0.1, 0.15) is 0 Å². The lowest BCUT2D eigenvalue weighted by Gasteiger charge is -2.30. The number of aliphatic hydroxyl groups is 1. The maximum atomic E-state index is 13.0. The number of thiophene rings is 1. The summed E-state index contributed by atoms with van der Waals surface area (Å²) in [6.45, 7) is 4.18. The van der Waals surface area contributed by atoms with E-state index in [-0.39, 0.29) is 5.91 Å². The van der Waals surface area contributed by atoms with Crippen LogP contribution in [0.1, 0.15) is 22.5 Å². The van der Waals surface area contributed by atoms with Crippen molar-refractivity contribution < 1.29 is 14.6 Å². The summed E-state index contributed by atoms with van der Waals surface area (Å²) in [6.07, 6.45) is 4.80. The zero-order valence-corrected chi connectivity index (χ0v) is 15.5. The second-order valence-corrected chi connectivity index (χ2v) is 7.75. The first-order valence-electron chi connectivity index (χ1n) is 9.06. The van der Waals surface area contributed by atoms with Crippen LogP contribution in [-0.4, -0.2) is 66.4 Å². The standard InChI is InChI=1S/C19H23N3O3S/c23-15-4-2-6-22(13-15)18(24)17-11-16(14-3-1-5-20-12-14)19(26-17)21-7-9-25-10-8-21/h1,3,5,11-12,15,23H,2,4,6-10,13H2. The van der Waals surface area contributed by atoms with E-state index < -0.39 is 6.10 Å². The SMILES string of the molecule is O=C(c1cc(-c2cccnc2)c(N2CCOCC2)s1)N1CCCC(O)C1. The van der Waals surface area contributed by atoms with E-state index >= 15 is 0 Å². The molecule has 2 saturated heterocycles. The topological polar surface area (TPSA) is 65.9 Å². The predicted molar refractivity (Wildman–Crippen MR) is 102 cm³/mol. The Morgan fingerprint density at radius 1 is 1.31 bits per heavy atom. The van der Waals surface area contributed by atoms with Crippen LogP contribution in [0.25, 0.3) is 11.1 Å². The molecule has 7 heteroatoms. The van der Waals surface area contributed by atoms with Crippen LogP contribution in [0.5, 0.6) is 0 Å². The number of β-amino-alcohol motifs (C(OH)–C–C–N with tert-alkyl or cyclic N) is 1. The van der Waals surface area contributed by atoms with Crippen LogP contribution in [0.3, 0.4) is 0 Å². The fourth-order valence-corrected chi connectivity index (χ4v) is 4.71. The highest BCUT2D eigenvalue weighted by Gasteiger charge is 2.27. The molecule has 1 unspecified atom stereocenters. The van der Waals surface area contributed by atoms with Crippen molar-refractivity contribution in [2.75, 3.05) is 44.3 Å². The van der Waals surface area contributed by atoms with E-state index in [4.69, 9.17) is 4.74 Å². The average Bonchev–Trinajstić information content (AvgIpc) is 3.14. The van der Waals surface area contributed by atoms with Gasteiger partial charge in [-0.25, -0.2) is 0 Å². The summed E-state index contributed by atoms with van der Waals surface area (Å²) in [5, 5.41) is 11.0. The Morgan fingerprint density at radius 2 is 2.15 bits per heavy atom. The van der Waals surface area contributed by atoms with Gasteiger partial charge < -0.3 is 19.6 Å². The molecule has 0 aromatic carbocycles. The first-order valence-corrected chi connectivity index (χ1v) is 9.88. The summed E-state index contributed by atoms with van der Waals surface area (Å²) in [5.74, 6) is 0.0124. The molecule has 4 heterocycles. The number of nitrogens with zero attached hydrogens (tertiary/aromatic N) is 3. The van der Waals surface area contributed by atoms with Crippen molar-refractivity contribution in [2.45, 2.75) is 18.9 Å².